The summed E-state index contributed by atoms with van der Waals surface area (Å²) in [6.07, 6.45) is 3.83. The Bertz CT molecular complexity index is 363. The summed E-state index contributed by atoms with van der Waals surface area (Å²) in [5, 5.41) is 1.70. The van der Waals surface area contributed by atoms with Gasteiger partial charge in [0.2, 0.25) is 0 Å². The van der Waals surface area contributed by atoms with Crippen molar-refractivity contribution in [2.45, 2.75) is 32.6 Å². The molecule has 0 saturated heterocycles. The zero-order chi connectivity index (χ0) is 12.0. The van der Waals surface area contributed by atoms with Crippen LogP contribution in [0.3, 0.4) is 0 Å². The summed E-state index contributed by atoms with van der Waals surface area (Å²) >= 11 is 9.23. The number of halogens is 2. The topological polar surface area (TPSA) is 17.1 Å². The van der Waals surface area contributed by atoms with Crippen LogP contribution >= 0.6 is 27.5 Å². The van der Waals surface area contributed by atoms with Crippen LogP contribution in [0.4, 0.5) is 0 Å². The van der Waals surface area contributed by atoms with Gasteiger partial charge in [0.25, 0.3) is 0 Å². The van der Waals surface area contributed by atoms with E-state index in [1.165, 1.54) is 0 Å². The van der Waals surface area contributed by atoms with Crippen molar-refractivity contribution >= 4 is 33.3 Å². The first-order chi connectivity index (χ1) is 7.65. The van der Waals surface area contributed by atoms with Crippen molar-refractivity contribution < 1.29 is 4.79 Å². The fourth-order valence-corrected chi connectivity index (χ4v) is 2.25. The number of alkyl halides is 1. The molecule has 0 heterocycles. The molecule has 0 fully saturated rings. The first-order valence-electron chi connectivity index (χ1n) is 5.50. The van der Waals surface area contributed by atoms with Gasteiger partial charge in [-0.2, -0.15) is 0 Å². The molecule has 0 aliphatic rings. The Morgan fingerprint density at radius 3 is 2.69 bits per heavy atom. The van der Waals surface area contributed by atoms with E-state index in [9.17, 15) is 4.79 Å². The van der Waals surface area contributed by atoms with Gasteiger partial charge in [-0.15, -0.1) is 0 Å². The molecule has 0 unspecified atom stereocenters. The largest absolute Gasteiger partial charge is 0.294 e. The van der Waals surface area contributed by atoms with Crippen molar-refractivity contribution in [1.29, 1.82) is 0 Å². The minimum absolute atomic E-state index is 0.226. The number of hydrogen-bond acceptors (Lipinski definition) is 1. The average Bonchev–Trinajstić information content (AvgIpc) is 2.24. The molecule has 0 atom stereocenters. The van der Waals surface area contributed by atoms with Gasteiger partial charge < -0.3 is 0 Å². The highest BCUT2D eigenvalue weighted by Gasteiger charge is 2.08. The van der Waals surface area contributed by atoms with Gasteiger partial charge in [-0.25, -0.2) is 0 Å². The minimum Gasteiger partial charge on any atom is -0.294 e. The number of carbonyl (C=O) groups is 1. The lowest BCUT2D eigenvalue weighted by molar-refractivity contribution is 0.0979. The van der Waals surface area contributed by atoms with Gasteiger partial charge >= 0.3 is 0 Å². The smallest absolute Gasteiger partial charge is 0.163 e. The third-order valence-electron chi connectivity index (χ3n) is 2.53. The Balaban J connectivity index is 2.53. The number of aryl methyl sites for hydroxylation is 1. The maximum Gasteiger partial charge on any atom is 0.163 e. The van der Waals surface area contributed by atoms with Crippen LogP contribution in [0.1, 0.15) is 41.6 Å². The van der Waals surface area contributed by atoms with Crippen molar-refractivity contribution in [3.05, 3.63) is 34.3 Å². The van der Waals surface area contributed by atoms with E-state index in [4.69, 9.17) is 11.6 Å². The quantitative estimate of drug-likeness (QED) is 0.420. The molecule has 3 heteroatoms. The van der Waals surface area contributed by atoms with E-state index in [-0.39, 0.29) is 5.78 Å². The molecule has 0 aliphatic carbocycles. The molecule has 1 nitrogen and oxygen atoms in total. The number of Topliss-reactive ketones (excluding diaryl/α,β-unsaturated/α-hetero) is 1. The predicted octanol–water partition coefficient (Wildman–Crippen LogP) is 4.79. The number of unbranched alkanes of at least 4 members (excludes halogenated alkanes) is 2. The van der Waals surface area contributed by atoms with Gasteiger partial charge in [-0.1, -0.05) is 34.0 Å². The molecule has 0 saturated carbocycles. The molecular weight excluding hydrogens is 287 g/mol. The highest BCUT2D eigenvalue weighted by atomic mass is 79.9. The second-order valence-corrected chi connectivity index (χ2v) is 5.11. The molecule has 0 aromatic heterocycles. The number of rotatable bonds is 6. The molecule has 1 aromatic rings. The summed E-state index contributed by atoms with van der Waals surface area (Å²) in [7, 11) is 0. The van der Waals surface area contributed by atoms with Crippen LogP contribution < -0.4 is 0 Å². The molecule has 0 aliphatic heterocycles. The lowest BCUT2D eigenvalue weighted by Crippen LogP contribution is -2.01. The molecule has 88 valence electrons. The predicted molar refractivity (Wildman–Crippen MR) is 72.8 cm³/mol. The molecule has 1 rings (SSSR count). The van der Waals surface area contributed by atoms with E-state index in [0.717, 1.165) is 35.7 Å². The second kappa shape index (κ2) is 7.08. The summed E-state index contributed by atoms with van der Waals surface area (Å²) in [5.74, 6) is 0.226. The van der Waals surface area contributed by atoms with Crippen LogP contribution in [0.5, 0.6) is 0 Å². The van der Waals surface area contributed by atoms with Crippen molar-refractivity contribution in [2.75, 3.05) is 5.33 Å². The lowest BCUT2D eigenvalue weighted by Gasteiger charge is -2.05. The van der Waals surface area contributed by atoms with Crippen LogP contribution in [0, 0.1) is 6.92 Å². The zero-order valence-corrected chi connectivity index (χ0v) is 11.8. The highest BCUT2D eigenvalue weighted by molar-refractivity contribution is 9.09. The van der Waals surface area contributed by atoms with Gasteiger partial charge in [0.05, 0.1) is 0 Å². The monoisotopic (exact) mass is 302 g/mol. The van der Waals surface area contributed by atoms with Gasteiger partial charge in [0.1, 0.15) is 0 Å². The van der Waals surface area contributed by atoms with E-state index in [1.807, 2.05) is 19.1 Å². The first-order valence-corrected chi connectivity index (χ1v) is 7.00. The van der Waals surface area contributed by atoms with Crippen LogP contribution in [0.2, 0.25) is 5.02 Å². The van der Waals surface area contributed by atoms with E-state index >= 15 is 0 Å². The lowest BCUT2D eigenvalue weighted by atomic mass is 10.0. The summed E-state index contributed by atoms with van der Waals surface area (Å²) in [5.41, 5.74) is 1.78. The molecular formula is C13H16BrClO. The third-order valence-corrected chi connectivity index (χ3v) is 3.32. The van der Waals surface area contributed by atoms with Crippen molar-refractivity contribution in [2.24, 2.45) is 0 Å². The molecule has 0 spiro atoms. The fourth-order valence-electron chi connectivity index (χ4n) is 1.63. The third kappa shape index (κ3) is 4.26. The Labute approximate surface area is 110 Å². The molecule has 1 aromatic carbocycles. The number of ketones is 1. The fraction of sp³-hybridized carbons (Fsp3) is 0.462. The number of benzene rings is 1. The summed E-state index contributed by atoms with van der Waals surface area (Å²) in [6, 6.07) is 5.44. The van der Waals surface area contributed by atoms with Crippen molar-refractivity contribution in [1.82, 2.24) is 0 Å². The molecule has 0 bridgehead atoms. The van der Waals surface area contributed by atoms with Gasteiger partial charge in [0, 0.05) is 22.3 Å². The van der Waals surface area contributed by atoms with E-state index in [0.29, 0.717) is 11.4 Å². The summed E-state index contributed by atoms with van der Waals surface area (Å²) < 4.78 is 0. The first kappa shape index (κ1) is 13.7. The standard InChI is InChI=1S/C13H16BrClO/c1-10-9-11(15)6-7-12(10)13(16)5-3-2-4-8-14/h6-7,9H,2-5,8H2,1H3. The Kier molecular flexibility index (Phi) is 6.07. The molecule has 0 N–H and O–H groups in total. The van der Waals surface area contributed by atoms with Crippen LogP contribution in [0.25, 0.3) is 0 Å². The van der Waals surface area contributed by atoms with E-state index < -0.39 is 0 Å². The van der Waals surface area contributed by atoms with Crippen molar-refractivity contribution in [3.63, 3.8) is 0 Å². The maximum absolute atomic E-state index is 11.9. The van der Waals surface area contributed by atoms with Crippen LogP contribution in [-0.4, -0.2) is 11.1 Å². The van der Waals surface area contributed by atoms with Gasteiger partial charge in [-0.05, 0) is 43.5 Å². The van der Waals surface area contributed by atoms with E-state index in [2.05, 4.69) is 15.9 Å². The normalized spacial score (nSPS) is 10.4. The number of carbonyl (C=O) groups excluding carboxylic acids is 1. The SMILES string of the molecule is Cc1cc(Cl)ccc1C(=O)CCCCCBr. The van der Waals surface area contributed by atoms with Gasteiger partial charge in [-0.3, -0.25) is 4.79 Å². The average molecular weight is 304 g/mol. The molecule has 0 radical (unpaired) electrons. The van der Waals surface area contributed by atoms with E-state index in [1.54, 1.807) is 6.07 Å². The molecule has 0 amide bonds. The molecule has 16 heavy (non-hydrogen) atoms. The Morgan fingerprint density at radius 1 is 1.31 bits per heavy atom. The van der Waals surface area contributed by atoms with Gasteiger partial charge in [0.15, 0.2) is 5.78 Å². The number of hydrogen-bond donors (Lipinski definition) is 0. The minimum atomic E-state index is 0.226. The Hall–Kier alpha value is -0.340. The van der Waals surface area contributed by atoms with Crippen LogP contribution in [0.15, 0.2) is 18.2 Å². The second-order valence-electron chi connectivity index (χ2n) is 3.88. The summed E-state index contributed by atoms with van der Waals surface area (Å²) in [4.78, 5) is 11.9. The zero-order valence-electron chi connectivity index (χ0n) is 9.43. The maximum atomic E-state index is 11.9. The highest BCUT2D eigenvalue weighted by Crippen LogP contribution is 2.17. The van der Waals surface area contributed by atoms with Crippen LogP contribution in [-0.2, 0) is 0 Å². The summed E-state index contributed by atoms with van der Waals surface area (Å²) in [6.45, 7) is 1.93. The Morgan fingerprint density at radius 2 is 2.06 bits per heavy atom. The van der Waals surface area contributed by atoms with Crippen molar-refractivity contribution in [3.8, 4) is 0 Å².